The van der Waals surface area contributed by atoms with Gasteiger partial charge in [0.25, 0.3) is 0 Å². The summed E-state index contributed by atoms with van der Waals surface area (Å²) in [6, 6.07) is 0. The minimum atomic E-state index is -0.0306. The fourth-order valence-electron chi connectivity index (χ4n) is 1.71. The molecule has 0 saturated carbocycles. The van der Waals surface area contributed by atoms with Crippen molar-refractivity contribution < 1.29 is 26.4 Å². The third-order valence-corrected chi connectivity index (χ3v) is 5.92. The molecular weight excluding hydrogens is 302 g/mol. The second-order valence-electron chi connectivity index (χ2n) is 5.81. The maximum atomic E-state index is 11.5. The van der Waals surface area contributed by atoms with Crippen LogP contribution in [0.1, 0.15) is 32.1 Å². The molecule has 0 unspecified atom stereocenters. The lowest BCUT2D eigenvalue weighted by molar-refractivity contribution is -0.870. The van der Waals surface area contributed by atoms with Crippen LogP contribution in [0.2, 0.25) is 0 Å². The van der Waals surface area contributed by atoms with E-state index in [0.29, 0.717) is 13.0 Å². The lowest BCUT2D eigenvalue weighted by atomic mass is 10.1. The fraction of sp³-hybridized carbons (Fsp3) is 0.923. The standard InChI is InChI=1S/C13H26NO2S2.ClH/c1-14(2,3)9-10-16-13(15)7-5-4-6-12-8-11-17-18-12;/h12H,4-11H2,1-3H3;1H/q+1;/p-1/t12-;/m1./s1. The maximum Gasteiger partial charge on any atom is 0.305 e. The Bertz CT molecular complexity index is 254. The summed E-state index contributed by atoms with van der Waals surface area (Å²) in [5.41, 5.74) is 0. The van der Waals surface area contributed by atoms with Gasteiger partial charge < -0.3 is 21.6 Å². The largest absolute Gasteiger partial charge is 1.00 e. The summed E-state index contributed by atoms with van der Waals surface area (Å²) in [6.07, 6.45) is 5.31. The van der Waals surface area contributed by atoms with E-state index in [1.54, 1.807) is 0 Å². The third kappa shape index (κ3) is 10.8. The Morgan fingerprint density at radius 2 is 2.05 bits per heavy atom. The molecule has 1 heterocycles. The number of esters is 1. The average molecular weight is 328 g/mol. The number of halogens is 1. The van der Waals surface area contributed by atoms with E-state index in [0.717, 1.165) is 29.1 Å². The highest BCUT2D eigenvalue weighted by atomic mass is 35.5. The van der Waals surface area contributed by atoms with Gasteiger partial charge >= 0.3 is 5.97 Å². The molecule has 1 aliphatic heterocycles. The van der Waals surface area contributed by atoms with E-state index in [-0.39, 0.29) is 18.4 Å². The average Bonchev–Trinajstić information content (AvgIpc) is 2.75. The predicted molar refractivity (Wildman–Crippen MR) is 80.8 cm³/mol. The number of ether oxygens (including phenoxy) is 1. The molecule has 0 aromatic carbocycles. The quantitative estimate of drug-likeness (QED) is 0.270. The van der Waals surface area contributed by atoms with Crippen LogP contribution in [-0.2, 0) is 9.53 Å². The van der Waals surface area contributed by atoms with Crippen LogP contribution in [0.4, 0.5) is 0 Å². The third-order valence-electron chi connectivity index (χ3n) is 2.91. The van der Waals surface area contributed by atoms with E-state index < -0.39 is 0 Å². The van der Waals surface area contributed by atoms with Gasteiger partial charge in [-0.3, -0.25) is 4.79 Å². The smallest absolute Gasteiger partial charge is 0.305 e. The zero-order valence-electron chi connectivity index (χ0n) is 12.2. The Morgan fingerprint density at radius 1 is 1.32 bits per heavy atom. The molecule has 0 bridgehead atoms. The molecule has 1 saturated heterocycles. The minimum Gasteiger partial charge on any atom is -1.00 e. The highest BCUT2D eigenvalue weighted by Gasteiger charge is 2.16. The Kier molecular flexibility index (Phi) is 10.4. The first-order chi connectivity index (χ1) is 8.47. The van der Waals surface area contributed by atoms with Crippen LogP contribution >= 0.6 is 21.6 Å². The normalized spacial score (nSPS) is 19.0. The van der Waals surface area contributed by atoms with Crippen molar-refractivity contribution in [1.82, 2.24) is 0 Å². The number of quaternary nitrogens is 1. The first-order valence-electron chi connectivity index (χ1n) is 6.72. The molecule has 1 atom stereocenters. The molecule has 0 radical (unpaired) electrons. The van der Waals surface area contributed by atoms with Gasteiger partial charge in [-0.1, -0.05) is 28.0 Å². The number of nitrogens with zero attached hydrogens (tertiary/aromatic N) is 1. The summed E-state index contributed by atoms with van der Waals surface area (Å²) in [5, 5.41) is 0.823. The molecule has 0 aromatic heterocycles. The first-order valence-corrected chi connectivity index (χ1v) is 9.10. The number of likely N-dealkylation sites (N-methyl/N-ethyl adjacent to an activating group) is 1. The summed E-state index contributed by atoms with van der Waals surface area (Å²) in [7, 11) is 10.3. The molecule has 6 heteroatoms. The van der Waals surface area contributed by atoms with Gasteiger partial charge in [0.1, 0.15) is 13.2 Å². The van der Waals surface area contributed by atoms with Crippen molar-refractivity contribution in [3.05, 3.63) is 0 Å². The van der Waals surface area contributed by atoms with Crippen LogP contribution in [0, 0.1) is 0 Å². The molecule has 0 amide bonds. The molecule has 0 spiro atoms. The highest BCUT2D eigenvalue weighted by molar-refractivity contribution is 8.77. The number of carbonyl (C=O) groups is 1. The van der Waals surface area contributed by atoms with Crippen LogP contribution in [0.3, 0.4) is 0 Å². The summed E-state index contributed by atoms with van der Waals surface area (Å²) in [5.74, 6) is 1.26. The zero-order chi connectivity index (χ0) is 13.4. The summed E-state index contributed by atoms with van der Waals surface area (Å²) < 4.78 is 6.06. The summed E-state index contributed by atoms with van der Waals surface area (Å²) in [4.78, 5) is 11.5. The molecule has 3 nitrogen and oxygen atoms in total. The molecule has 1 rings (SSSR count). The SMILES string of the molecule is C[N+](C)(C)CCOC(=O)CCCC[C@@H]1CCSS1.[Cl-]. The van der Waals surface area contributed by atoms with Crippen molar-refractivity contribution >= 4 is 27.6 Å². The molecule has 0 aromatic rings. The van der Waals surface area contributed by atoms with E-state index in [2.05, 4.69) is 21.1 Å². The van der Waals surface area contributed by atoms with Crippen LogP contribution < -0.4 is 12.4 Å². The maximum absolute atomic E-state index is 11.5. The molecule has 114 valence electrons. The van der Waals surface area contributed by atoms with Gasteiger partial charge in [-0.15, -0.1) is 0 Å². The van der Waals surface area contributed by atoms with Crippen LogP contribution in [0.15, 0.2) is 0 Å². The van der Waals surface area contributed by atoms with Gasteiger partial charge in [0.05, 0.1) is 21.1 Å². The van der Waals surface area contributed by atoms with Crippen LogP contribution in [0.25, 0.3) is 0 Å². The number of hydrogen-bond acceptors (Lipinski definition) is 4. The van der Waals surface area contributed by atoms with E-state index in [1.807, 2.05) is 21.6 Å². The molecule has 0 aliphatic carbocycles. The van der Waals surface area contributed by atoms with Crippen LogP contribution in [0.5, 0.6) is 0 Å². The fourth-order valence-corrected chi connectivity index (χ4v) is 4.74. The second kappa shape index (κ2) is 10.2. The topological polar surface area (TPSA) is 26.3 Å². The number of rotatable bonds is 8. The van der Waals surface area contributed by atoms with Crippen molar-refractivity contribution in [2.45, 2.75) is 37.4 Å². The van der Waals surface area contributed by atoms with E-state index >= 15 is 0 Å². The van der Waals surface area contributed by atoms with E-state index in [4.69, 9.17) is 4.74 Å². The van der Waals surface area contributed by atoms with Crippen molar-refractivity contribution in [2.24, 2.45) is 0 Å². The molecular formula is C13H26ClNO2S2. The van der Waals surface area contributed by atoms with Crippen molar-refractivity contribution in [3.63, 3.8) is 0 Å². The lowest BCUT2D eigenvalue weighted by Gasteiger charge is -2.23. The molecule has 1 aliphatic rings. The molecule has 1 fully saturated rings. The predicted octanol–water partition coefficient (Wildman–Crippen LogP) is -0.0461. The van der Waals surface area contributed by atoms with Gasteiger partial charge in [0.15, 0.2) is 0 Å². The monoisotopic (exact) mass is 327 g/mol. The van der Waals surface area contributed by atoms with Gasteiger partial charge in [-0.05, 0) is 19.3 Å². The van der Waals surface area contributed by atoms with Gasteiger partial charge in [0, 0.05) is 17.4 Å². The number of unbranched alkanes of at least 4 members (excludes halogenated alkanes) is 1. The van der Waals surface area contributed by atoms with Gasteiger partial charge in [-0.25, -0.2) is 0 Å². The van der Waals surface area contributed by atoms with Crippen molar-refractivity contribution in [2.75, 3.05) is 40.0 Å². The van der Waals surface area contributed by atoms with E-state index in [9.17, 15) is 4.79 Å². The zero-order valence-corrected chi connectivity index (χ0v) is 14.6. The lowest BCUT2D eigenvalue weighted by Crippen LogP contribution is -3.00. The highest BCUT2D eigenvalue weighted by Crippen LogP contribution is 2.39. The Labute approximate surface area is 131 Å². The second-order valence-corrected chi connectivity index (χ2v) is 8.60. The summed E-state index contributed by atoms with van der Waals surface area (Å²) >= 11 is 0. The minimum absolute atomic E-state index is 0. The van der Waals surface area contributed by atoms with E-state index in [1.165, 1.54) is 18.6 Å². The Balaban J connectivity index is 0.00000324. The Hall–Kier alpha value is 0.420. The summed E-state index contributed by atoms with van der Waals surface area (Å²) in [6.45, 7) is 1.42. The molecule has 19 heavy (non-hydrogen) atoms. The van der Waals surface area contributed by atoms with Gasteiger partial charge in [-0.2, -0.15) is 0 Å². The molecule has 0 N–H and O–H groups in total. The number of carbonyl (C=O) groups excluding carboxylic acids is 1. The van der Waals surface area contributed by atoms with Crippen molar-refractivity contribution in [3.8, 4) is 0 Å². The number of hydrogen-bond donors (Lipinski definition) is 0. The van der Waals surface area contributed by atoms with Crippen molar-refractivity contribution in [1.29, 1.82) is 0 Å². The van der Waals surface area contributed by atoms with Crippen LogP contribution in [-0.4, -0.2) is 55.7 Å². The Morgan fingerprint density at radius 3 is 2.63 bits per heavy atom. The van der Waals surface area contributed by atoms with Gasteiger partial charge in [0.2, 0.25) is 0 Å². The first kappa shape index (κ1) is 19.4.